The van der Waals surface area contributed by atoms with Crippen molar-refractivity contribution in [1.29, 1.82) is 0 Å². The third-order valence-electron chi connectivity index (χ3n) is 3.58. The highest BCUT2D eigenvalue weighted by atomic mass is 35.5. The Morgan fingerprint density at radius 3 is 2.65 bits per heavy atom. The smallest absolute Gasteiger partial charge is 0.267 e. The van der Waals surface area contributed by atoms with Crippen LogP contribution in [0, 0.1) is 6.92 Å². The lowest BCUT2D eigenvalue weighted by Crippen LogP contribution is -2.18. The number of hydrazone groups is 1. The second-order valence-electron chi connectivity index (χ2n) is 5.36. The molecule has 1 heterocycles. The number of aryl methyl sites for hydroxylation is 1. The standard InChI is InChI=1S/C18H13Cl3N4O/c1-11-15(10-22-23-18(26)14-7-2-3-8-16(14)20)17(21)25(24-11)13-6-4-5-12(19)9-13/h2-10H,1H3,(H,23,26)/b22-10-. The minimum Gasteiger partial charge on any atom is -0.267 e. The monoisotopic (exact) mass is 406 g/mol. The van der Waals surface area contributed by atoms with Crippen LogP contribution in [0.25, 0.3) is 5.69 Å². The first-order valence-corrected chi connectivity index (χ1v) is 8.69. The van der Waals surface area contributed by atoms with E-state index < -0.39 is 5.91 Å². The second kappa shape index (κ2) is 7.91. The van der Waals surface area contributed by atoms with Crippen molar-refractivity contribution in [2.45, 2.75) is 6.92 Å². The Morgan fingerprint density at radius 1 is 1.15 bits per heavy atom. The topological polar surface area (TPSA) is 59.3 Å². The maximum atomic E-state index is 12.1. The van der Waals surface area contributed by atoms with E-state index in [0.717, 1.165) is 5.69 Å². The Bertz CT molecular complexity index is 998. The minimum atomic E-state index is -0.414. The summed E-state index contributed by atoms with van der Waals surface area (Å²) in [6.45, 7) is 1.80. The second-order valence-corrected chi connectivity index (χ2v) is 6.56. The van der Waals surface area contributed by atoms with Gasteiger partial charge in [-0.05, 0) is 37.3 Å². The highest BCUT2D eigenvalue weighted by molar-refractivity contribution is 6.34. The normalized spacial score (nSPS) is 11.1. The molecule has 0 saturated carbocycles. The summed E-state index contributed by atoms with van der Waals surface area (Å²) >= 11 is 18.4. The first kappa shape index (κ1) is 18.5. The molecule has 26 heavy (non-hydrogen) atoms. The van der Waals surface area contributed by atoms with Gasteiger partial charge >= 0.3 is 0 Å². The summed E-state index contributed by atoms with van der Waals surface area (Å²) in [4.78, 5) is 12.1. The van der Waals surface area contributed by atoms with Gasteiger partial charge in [0.25, 0.3) is 5.91 Å². The molecular formula is C18H13Cl3N4O. The zero-order chi connectivity index (χ0) is 18.7. The van der Waals surface area contributed by atoms with E-state index in [1.54, 1.807) is 48.0 Å². The van der Waals surface area contributed by atoms with Crippen LogP contribution in [-0.2, 0) is 0 Å². The summed E-state index contributed by atoms with van der Waals surface area (Å²) in [6.07, 6.45) is 1.44. The molecule has 1 N–H and O–H groups in total. The predicted octanol–water partition coefficient (Wildman–Crippen LogP) is 4.90. The first-order valence-electron chi connectivity index (χ1n) is 7.56. The maximum absolute atomic E-state index is 12.1. The molecule has 1 amide bonds. The highest BCUT2D eigenvalue weighted by Gasteiger charge is 2.14. The number of nitrogens with one attached hydrogen (secondary N) is 1. The van der Waals surface area contributed by atoms with Gasteiger partial charge < -0.3 is 0 Å². The third kappa shape index (κ3) is 3.90. The van der Waals surface area contributed by atoms with Crippen molar-refractivity contribution in [2.75, 3.05) is 0 Å². The molecule has 5 nitrogen and oxygen atoms in total. The van der Waals surface area contributed by atoms with Crippen LogP contribution in [0.15, 0.2) is 53.6 Å². The van der Waals surface area contributed by atoms with Gasteiger partial charge in [0.15, 0.2) is 0 Å². The number of amides is 1. The number of carbonyl (C=O) groups is 1. The molecular weight excluding hydrogens is 395 g/mol. The van der Waals surface area contributed by atoms with Crippen LogP contribution in [0.3, 0.4) is 0 Å². The van der Waals surface area contributed by atoms with Crippen molar-refractivity contribution in [3.05, 3.63) is 80.6 Å². The van der Waals surface area contributed by atoms with Gasteiger partial charge in [0, 0.05) is 5.02 Å². The predicted molar refractivity (Wildman–Crippen MR) is 105 cm³/mol. The molecule has 2 aromatic carbocycles. The molecule has 3 aromatic rings. The van der Waals surface area contributed by atoms with Crippen LogP contribution >= 0.6 is 34.8 Å². The van der Waals surface area contributed by atoms with Crippen LogP contribution < -0.4 is 5.43 Å². The number of carbonyl (C=O) groups excluding carboxylic acids is 1. The molecule has 3 rings (SSSR count). The molecule has 0 saturated heterocycles. The van der Waals surface area contributed by atoms with Crippen molar-refractivity contribution in [3.63, 3.8) is 0 Å². The Labute approximate surface area is 165 Å². The van der Waals surface area contributed by atoms with E-state index in [2.05, 4.69) is 15.6 Å². The average molecular weight is 408 g/mol. The third-order valence-corrected chi connectivity index (χ3v) is 4.51. The molecule has 0 aliphatic carbocycles. The molecule has 0 aliphatic heterocycles. The van der Waals surface area contributed by atoms with Gasteiger partial charge in [-0.25, -0.2) is 10.1 Å². The zero-order valence-electron chi connectivity index (χ0n) is 13.6. The number of nitrogens with zero attached hydrogens (tertiary/aromatic N) is 3. The number of hydrogen-bond donors (Lipinski definition) is 1. The summed E-state index contributed by atoms with van der Waals surface area (Å²) in [7, 11) is 0. The van der Waals surface area contributed by atoms with Crippen LogP contribution in [-0.4, -0.2) is 21.9 Å². The summed E-state index contributed by atoms with van der Waals surface area (Å²) in [5, 5.41) is 9.64. The van der Waals surface area contributed by atoms with Crippen molar-refractivity contribution >= 4 is 46.9 Å². The van der Waals surface area contributed by atoms with Gasteiger partial charge in [0.1, 0.15) is 5.15 Å². The number of halogens is 3. The molecule has 0 bridgehead atoms. The minimum absolute atomic E-state index is 0.337. The Balaban J connectivity index is 1.81. The number of rotatable bonds is 4. The van der Waals surface area contributed by atoms with E-state index in [1.165, 1.54) is 6.21 Å². The molecule has 0 fully saturated rings. The molecule has 0 spiro atoms. The van der Waals surface area contributed by atoms with Gasteiger partial charge in [-0.2, -0.15) is 10.2 Å². The van der Waals surface area contributed by atoms with Crippen LogP contribution in [0.1, 0.15) is 21.6 Å². The number of aromatic nitrogens is 2. The lowest BCUT2D eigenvalue weighted by Gasteiger charge is -2.03. The van der Waals surface area contributed by atoms with E-state index in [1.807, 2.05) is 12.1 Å². The average Bonchev–Trinajstić information content (AvgIpc) is 2.90. The van der Waals surface area contributed by atoms with Gasteiger partial charge in [0.2, 0.25) is 0 Å². The van der Waals surface area contributed by atoms with Crippen molar-refractivity contribution in [2.24, 2.45) is 5.10 Å². The lowest BCUT2D eigenvalue weighted by molar-refractivity contribution is 0.0955. The molecule has 132 valence electrons. The van der Waals surface area contributed by atoms with E-state index in [4.69, 9.17) is 34.8 Å². The first-order chi connectivity index (χ1) is 12.5. The number of hydrogen-bond acceptors (Lipinski definition) is 3. The van der Waals surface area contributed by atoms with Crippen molar-refractivity contribution in [3.8, 4) is 5.69 Å². The summed E-state index contributed by atoms with van der Waals surface area (Å²) in [5.74, 6) is -0.414. The fraction of sp³-hybridized carbons (Fsp3) is 0.0556. The fourth-order valence-electron chi connectivity index (χ4n) is 2.30. The van der Waals surface area contributed by atoms with Crippen molar-refractivity contribution < 1.29 is 4.79 Å². The maximum Gasteiger partial charge on any atom is 0.272 e. The van der Waals surface area contributed by atoms with E-state index in [0.29, 0.717) is 32.0 Å². The van der Waals surface area contributed by atoms with E-state index in [9.17, 15) is 4.79 Å². The Morgan fingerprint density at radius 2 is 1.92 bits per heavy atom. The highest BCUT2D eigenvalue weighted by Crippen LogP contribution is 2.23. The van der Waals surface area contributed by atoms with Crippen molar-refractivity contribution in [1.82, 2.24) is 15.2 Å². The zero-order valence-corrected chi connectivity index (χ0v) is 15.8. The summed E-state index contributed by atoms with van der Waals surface area (Å²) in [6, 6.07) is 13.9. The van der Waals surface area contributed by atoms with Crippen LogP contribution in [0.2, 0.25) is 15.2 Å². The molecule has 0 radical (unpaired) electrons. The lowest BCUT2D eigenvalue weighted by atomic mass is 10.2. The van der Waals surface area contributed by atoms with Crippen LogP contribution in [0.5, 0.6) is 0 Å². The van der Waals surface area contributed by atoms with Gasteiger partial charge in [0.05, 0.1) is 33.7 Å². The molecule has 0 aliphatic rings. The molecule has 8 heteroatoms. The van der Waals surface area contributed by atoms with Gasteiger partial charge in [-0.15, -0.1) is 0 Å². The largest absolute Gasteiger partial charge is 0.272 e. The van der Waals surface area contributed by atoms with Gasteiger partial charge in [-0.3, -0.25) is 4.79 Å². The molecule has 0 unspecified atom stereocenters. The van der Waals surface area contributed by atoms with E-state index >= 15 is 0 Å². The Kier molecular flexibility index (Phi) is 5.61. The molecule has 0 atom stereocenters. The fourth-order valence-corrected chi connectivity index (χ4v) is 3.02. The van der Waals surface area contributed by atoms with Gasteiger partial charge in [-0.1, -0.05) is 53.0 Å². The van der Waals surface area contributed by atoms with E-state index in [-0.39, 0.29) is 0 Å². The Hall–Kier alpha value is -2.34. The molecule has 1 aromatic heterocycles. The summed E-state index contributed by atoms with van der Waals surface area (Å²) in [5.41, 5.74) is 4.74. The summed E-state index contributed by atoms with van der Waals surface area (Å²) < 4.78 is 1.56. The quantitative estimate of drug-likeness (QED) is 0.494. The SMILES string of the molecule is Cc1nn(-c2cccc(Cl)c2)c(Cl)c1/C=N\NC(=O)c1ccccc1Cl. The number of benzene rings is 2. The van der Waals surface area contributed by atoms with Crippen LogP contribution in [0.4, 0.5) is 0 Å².